The van der Waals surface area contributed by atoms with E-state index in [0.29, 0.717) is 6.54 Å². The van der Waals surface area contributed by atoms with E-state index in [1.165, 1.54) is 0 Å². The molecule has 2 aromatic rings. The number of hydrogen-bond donors (Lipinski definition) is 1. The number of pyridine rings is 1. The van der Waals surface area contributed by atoms with Crippen LogP contribution in [0.3, 0.4) is 0 Å². The summed E-state index contributed by atoms with van der Waals surface area (Å²) in [6, 6.07) is 12.0. The van der Waals surface area contributed by atoms with E-state index < -0.39 is 0 Å². The van der Waals surface area contributed by atoms with Gasteiger partial charge in [-0.1, -0.05) is 24.3 Å². The lowest BCUT2D eigenvalue weighted by atomic mass is 10.2. The Morgan fingerprint density at radius 2 is 2.15 bits per heavy atom. The van der Waals surface area contributed by atoms with Crippen LogP contribution in [0.4, 0.5) is 0 Å². The van der Waals surface area contributed by atoms with Crippen LogP contribution in [-0.2, 0) is 4.79 Å². The van der Waals surface area contributed by atoms with E-state index in [-0.39, 0.29) is 11.9 Å². The van der Waals surface area contributed by atoms with E-state index in [1.54, 1.807) is 17.1 Å². The van der Waals surface area contributed by atoms with Crippen molar-refractivity contribution in [3.05, 3.63) is 48.2 Å². The molecule has 1 fully saturated rings. The first-order valence-corrected chi connectivity index (χ1v) is 6.81. The molecule has 1 saturated heterocycles. The van der Waals surface area contributed by atoms with Gasteiger partial charge in [0.15, 0.2) is 0 Å². The summed E-state index contributed by atoms with van der Waals surface area (Å²) >= 11 is 0. The highest BCUT2D eigenvalue weighted by atomic mass is 16.2. The molecule has 2 N–H and O–H groups in total. The van der Waals surface area contributed by atoms with Gasteiger partial charge in [0.1, 0.15) is 0 Å². The molecule has 4 heteroatoms. The Labute approximate surface area is 117 Å². The Hall–Kier alpha value is -2.20. The van der Waals surface area contributed by atoms with Crippen molar-refractivity contribution in [3.8, 4) is 0 Å². The van der Waals surface area contributed by atoms with Crippen LogP contribution in [0.2, 0.25) is 0 Å². The van der Waals surface area contributed by atoms with E-state index in [4.69, 9.17) is 5.73 Å². The fourth-order valence-electron chi connectivity index (χ4n) is 2.42. The molecule has 20 heavy (non-hydrogen) atoms. The second-order valence-electron chi connectivity index (χ2n) is 5.10. The predicted octanol–water partition coefficient (Wildman–Crippen LogP) is 1.81. The highest BCUT2D eigenvalue weighted by Crippen LogP contribution is 2.13. The zero-order chi connectivity index (χ0) is 13.9. The number of amides is 1. The lowest BCUT2D eigenvalue weighted by Crippen LogP contribution is -2.30. The number of carbonyl (C=O) groups is 1. The van der Waals surface area contributed by atoms with Crippen molar-refractivity contribution in [2.45, 2.75) is 12.5 Å². The molecule has 0 bridgehead atoms. The third kappa shape index (κ3) is 2.70. The van der Waals surface area contributed by atoms with Crippen LogP contribution in [0.25, 0.3) is 17.0 Å². The Morgan fingerprint density at radius 1 is 1.30 bits per heavy atom. The molecule has 0 spiro atoms. The summed E-state index contributed by atoms with van der Waals surface area (Å²) in [7, 11) is 0. The summed E-state index contributed by atoms with van der Waals surface area (Å²) in [4.78, 5) is 18.3. The SMILES string of the molecule is N[C@@H]1CCN(C(=O)/C=C/c2ccc3ccccc3n2)C1. The Bertz CT molecular complexity index is 666. The normalized spacial score (nSPS) is 19.1. The molecule has 1 aromatic heterocycles. The number of nitrogens with two attached hydrogens (primary N) is 1. The second kappa shape index (κ2) is 5.43. The van der Waals surface area contributed by atoms with Crippen molar-refractivity contribution in [3.63, 3.8) is 0 Å². The minimum atomic E-state index is 0.00732. The molecular formula is C16H17N3O. The maximum absolute atomic E-state index is 12.0. The van der Waals surface area contributed by atoms with Crippen molar-refractivity contribution in [1.82, 2.24) is 9.88 Å². The average Bonchev–Trinajstić information content (AvgIpc) is 2.91. The molecular weight excluding hydrogens is 250 g/mol. The highest BCUT2D eigenvalue weighted by Gasteiger charge is 2.21. The molecule has 1 aliphatic heterocycles. The summed E-state index contributed by atoms with van der Waals surface area (Å²) < 4.78 is 0. The fraction of sp³-hybridized carbons (Fsp3) is 0.250. The highest BCUT2D eigenvalue weighted by molar-refractivity contribution is 5.92. The summed E-state index contributed by atoms with van der Waals surface area (Å²) in [5.41, 5.74) is 7.53. The first kappa shape index (κ1) is 12.8. The number of rotatable bonds is 2. The van der Waals surface area contributed by atoms with Crippen LogP contribution in [0.5, 0.6) is 0 Å². The van der Waals surface area contributed by atoms with Gasteiger partial charge in [-0.25, -0.2) is 4.98 Å². The first-order valence-electron chi connectivity index (χ1n) is 6.81. The average molecular weight is 267 g/mol. The Kier molecular flexibility index (Phi) is 3.48. The minimum Gasteiger partial charge on any atom is -0.338 e. The van der Waals surface area contributed by atoms with Crippen molar-refractivity contribution in [1.29, 1.82) is 0 Å². The molecule has 102 valence electrons. The third-order valence-electron chi connectivity index (χ3n) is 3.55. The van der Waals surface area contributed by atoms with Crippen LogP contribution >= 0.6 is 0 Å². The van der Waals surface area contributed by atoms with Gasteiger partial charge in [0.25, 0.3) is 0 Å². The first-order chi connectivity index (χ1) is 9.72. The molecule has 1 amide bonds. The molecule has 4 nitrogen and oxygen atoms in total. The van der Waals surface area contributed by atoms with E-state index in [0.717, 1.165) is 29.6 Å². The predicted molar refractivity (Wildman–Crippen MR) is 79.9 cm³/mol. The van der Waals surface area contributed by atoms with Gasteiger partial charge in [-0.3, -0.25) is 4.79 Å². The number of benzene rings is 1. The molecule has 1 aliphatic rings. The van der Waals surface area contributed by atoms with E-state index >= 15 is 0 Å². The summed E-state index contributed by atoms with van der Waals surface area (Å²) in [6.45, 7) is 1.39. The van der Waals surface area contributed by atoms with Crippen LogP contribution in [0.1, 0.15) is 12.1 Å². The van der Waals surface area contributed by atoms with Gasteiger partial charge in [-0.2, -0.15) is 0 Å². The zero-order valence-electron chi connectivity index (χ0n) is 11.2. The van der Waals surface area contributed by atoms with Crippen molar-refractivity contribution >= 4 is 22.9 Å². The minimum absolute atomic E-state index is 0.00732. The Morgan fingerprint density at radius 3 is 2.95 bits per heavy atom. The molecule has 0 saturated carbocycles. The van der Waals surface area contributed by atoms with Crippen LogP contribution in [0.15, 0.2) is 42.5 Å². The number of para-hydroxylation sites is 1. The lowest BCUT2D eigenvalue weighted by Gasteiger charge is -2.12. The van der Waals surface area contributed by atoms with Crippen molar-refractivity contribution < 1.29 is 4.79 Å². The molecule has 1 aromatic carbocycles. The van der Waals surface area contributed by atoms with Gasteiger partial charge < -0.3 is 10.6 Å². The van der Waals surface area contributed by atoms with Crippen LogP contribution < -0.4 is 5.73 Å². The van der Waals surface area contributed by atoms with Gasteiger partial charge in [-0.15, -0.1) is 0 Å². The Balaban J connectivity index is 1.75. The van der Waals surface area contributed by atoms with E-state index in [2.05, 4.69) is 4.98 Å². The number of fused-ring (bicyclic) bond motifs is 1. The standard InChI is InChI=1S/C16H17N3O/c17-13-9-10-19(11-13)16(20)8-7-14-6-5-12-3-1-2-4-15(12)18-14/h1-8,13H,9-11,17H2/b8-7+/t13-/m1/s1. The van der Waals surface area contributed by atoms with Gasteiger partial charge in [-0.05, 0) is 24.6 Å². The van der Waals surface area contributed by atoms with Crippen LogP contribution in [0, 0.1) is 0 Å². The molecule has 0 radical (unpaired) electrons. The summed E-state index contributed by atoms with van der Waals surface area (Å²) in [6.07, 6.45) is 4.22. The monoisotopic (exact) mass is 267 g/mol. The van der Waals surface area contributed by atoms with E-state index in [9.17, 15) is 4.79 Å². The largest absolute Gasteiger partial charge is 0.338 e. The van der Waals surface area contributed by atoms with Gasteiger partial charge >= 0.3 is 0 Å². The molecule has 1 atom stereocenters. The van der Waals surface area contributed by atoms with Crippen molar-refractivity contribution in [2.24, 2.45) is 5.73 Å². The second-order valence-corrected chi connectivity index (χ2v) is 5.10. The lowest BCUT2D eigenvalue weighted by molar-refractivity contribution is -0.124. The van der Waals surface area contributed by atoms with Crippen LogP contribution in [-0.4, -0.2) is 34.9 Å². The maximum atomic E-state index is 12.0. The van der Waals surface area contributed by atoms with Gasteiger partial charge in [0.2, 0.25) is 5.91 Å². The third-order valence-corrected chi connectivity index (χ3v) is 3.55. The number of aromatic nitrogens is 1. The fourth-order valence-corrected chi connectivity index (χ4v) is 2.42. The smallest absolute Gasteiger partial charge is 0.246 e. The molecule has 3 rings (SSSR count). The number of nitrogens with zero attached hydrogens (tertiary/aromatic N) is 2. The van der Waals surface area contributed by atoms with E-state index in [1.807, 2.05) is 36.4 Å². The molecule has 2 heterocycles. The number of carbonyl (C=O) groups excluding carboxylic acids is 1. The number of hydrogen-bond acceptors (Lipinski definition) is 3. The summed E-state index contributed by atoms with van der Waals surface area (Å²) in [5.74, 6) is 0.00732. The molecule has 0 aliphatic carbocycles. The van der Waals surface area contributed by atoms with Gasteiger partial charge in [0, 0.05) is 30.6 Å². The summed E-state index contributed by atoms with van der Waals surface area (Å²) in [5, 5.41) is 1.10. The van der Waals surface area contributed by atoms with Gasteiger partial charge in [0.05, 0.1) is 11.2 Å². The molecule has 0 unspecified atom stereocenters. The zero-order valence-corrected chi connectivity index (χ0v) is 11.2. The van der Waals surface area contributed by atoms with Crippen molar-refractivity contribution in [2.75, 3.05) is 13.1 Å². The quantitative estimate of drug-likeness (QED) is 0.844. The number of likely N-dealkylation sites (tertiary alicyclic amines) is 1. The maximum Gasteiger partial charge on any atom is 0.246 e. The topological polar surface area (TPSA) is 59.2 Å².